The monoisotopic (exact) mass is 360 g/mol. The Hall–Kier alpha value is -2.53. The van der Waals surface area contributed by atoms with Gasteiger partial charge in [0.2, 0.25) is 15.9 Å². The Morgan fingerprint density at radius 1 is 1.48 bits per heavy atom. The lowest BCUT2D eigenvalue weighted by Gasteiger charge is -2.19. The number of nitriles is 1. The number of H-pyrrole nitrogens is 1. The molecule has 1 aliphatic heterocycles. The van der Waals surface area contributed by atoms with Gasteiger partial charge in [0.1, 0.15) is 6.04 Å². The van der Waals surface area contributed by atoms with Crippen molar-refractivity contribution in [2.75, 3.05) is 17.5 Å². The third kappa shape index (κ3) is 3.94. The molecule has 2 heterocycles. The number of nitrogens with zero attached hydrogens (tertiary/aromatic N) is 2. The van der Waals surface area contributed by atoms with Crippen molar-refractivity contribution in [2.24, 2.45) is 0 Å². The van der Waals surface area contributed by atoms with Crippen molar-refractivity contribution < 1.29 is 13.2 Å². The Morgan fingerprint density at radius 3 is 3.00 bits per heavy atom. The quantitative estimate of drug-likeness (QED) is 0.850. The summed E-state index contributed by atoms with van der Waals surface area (Å²) in [4.78, 5) is 17.2. The summed E-state index contributed by atoms with van der Waals surface area (Å²) in [7, 11) is -3.34. The van der Waals surface area contributed by atoms with Gasteiger partial charge in [0.15, 0.2) is 0 Å². The maximum absolute atomic E-state index is 12.4. The zero-order valence-electron chi connectivity index (χ0n) is 13.9. The number of nitrogens with one attached hydrogen (secondary N) is 2. The molecule has 3 rings (SSSR count). The lowest BCUT2D eigenvalue weighted by Crippen LogP contribution is -2.34. The first-order chi connectivity index (χ1) is 11.9. The number of fused-ring (bicyclic) bond motifs is 1. The number of hydrogen-bond donors (Lipinski definition) is 2. The minimum Gasteiger partial charge on any atom is -0.361 e. The maximum atomic E-state index is 12.4. The predicted molar refractivity (Wildman–Crippen MR) is 95.4 cm³/mol. The second-order valence-corrected chi connectivity index (χ2v) is 8.07. The zero-order chi connectivity index (χ0) is 18.0. The van der Waals surface area contributed by atoms with E-state index < -0.39 is 10.0 Å². The van der Waals surface area contributed by atoms with Crippen LogP contribution in [0.15, 0.2) is 24.4 Å². The number of anilines is 1. The number of benzene rings is 1. The van der Waals surface area contributed by atoms with E-state index in [0.717, 1.165) is 35.6 Å². The molecule has 0 radical (unpaired) electrons. The molecule has 132 valence electrons. The van der Waals surface area contributed by atoms with E-state index in [2.05, 4.69) is 15.8 Å². The van der Waals surface area contributed by atoms with Gasteiger partial charge in [0.05, 0.1) is 12.3 Å². The molecule has 0 spiro atoms. The molecular formula is C17H20N4O3S. The number of likely N-dealkylation sites (tertiary alicyclic amines) is 1. The van der Waals surface area contributed by atoms with Crippen LogP contribution in [0.5, 0.6) is 0 Å². The van der Waals surface area contributed by atoms with E-state index in [1.165, 1.54) is 0 Å². The van der Waals surface area contributed by atoms with E-state index >= 15 is 0 Å². The molecule has 0 bridgehead atoms. The third-order valence-corrected chi connectivity index (χ3v) is 5.01. The number of rotatable bonds is 5. The normalized spacial score (nSPS) is 17.6. The lowest BCUT2D eigenvalue weighted by atomic mass is 10.1. The summed E-state index contributed by atoms with van der Waals surface area (Å²) in [5, 5.41) is 9.99. The van der Waals surface area contributed by atoms with Crippen LogP contribution >= 0.6 is 0 Å². The van der Waals surface area contributed by atoms with Gasteiger partial charge in [-0.15, -0.1) is 0 Å². The van der Waals surface area contributed by atoms with Gasteiger partial charge in [-0.2, -0.15) is 5.26 Å². The van der Waals surface area contributed by atoms with Gasteiger partial charge in [-0.3, -0.25) is 9.52 Å². The number of sulfonamides is 1. The Kier molecular flexibility index (Phi) is 4.68. The van der Waals surface area contributed by atoms with Crippen molar-refractivity contribution in [2.45, 2.75) is 31.7 Å². The number of hydrogen-bond acceptors (Lipinski definition) is 4. The lowest BCUT2D eigenvalue weighted by molar-refractivity contribution is -0.131. The molecular weight excluding hydrogens is 340 g/mol. The van der Waals surface area contributed by atoms with Gasteiger partial charge >= 0.3 is 0 Å². The molecule has 1 amide bonds. The smallest absolute Gasteiger partial charge is 0.229 e. The van der Waals surface area contributed by atoms with Gasteiger partial charge in [0, 0.05) is 35.8 Å². The largest absolute Gasteiger partial charge is 0.361 e. The molecule has 0 saturated carbocycles. The molecule has 25 heavy (non-hydrogen) atoms. The van der Waals surface area contributed by atoms with Crippen LogP contribution in [0.1, 0.15) is 24.8 Å². The molecule has 7 nitrogen and oxygen atoms in total. The van der Waals surface area contributed by atoms with Crippen molar-refractivity contribution in [3.05, 3.63) is 30.0 Å². The molecule has 1 fully saturated rings. The van der Waals surface area contributed by atoms with E-state index in [4.69, 9.17) is 5.26 Å². The van der Waals surface area contributed by atoms with E-state index in [0.29, 0.717) is 25.1 Å². The Balaban J connectivity index is 1.74. The molecule has 1 aliphatic rings. The van der Waals surface area contributed by atoms with Crippen LogP contribution in [-0.4, -0.2) is 43.1 Å². The molecule has 1 atom stereocenters. The average molecular weight is 360 g/mol. The Morgan fingerprint density at radius 2 is 2.28 bits per heavy atom. The van der Waals surface area contributed by atoms with Crippen LogP contribution in [-0.2, 0) is 21.2 Å². The maximum Gasteiger partial charge on any atom is 0.229 e. The van der Waals surface area contributed by atoms with Crippen LogP contribution in [0.25, 0.3) is 10.9 Å². The number of aromatic amines is 1. The third-order valence-electron chi connectivity index (χ3n) is 4.40. The van der Waals surface area contributed by atoms with Crippen molar-refractivity contribution in [1.29, 1.82) is 5.26 Å². The molecule has 2 N–H and O–H groups in total. The summed E-state index contributed by atoms with van der Waals surface area (Å²) in [6.45, 7) is 0.646. The zero-order valence-corrected chi connectivity index (χ0v) is 14.8. The van der Waals surface area contributed by atoms with Crippen molar-refractivity contribution >= 4 is 32.5 Å². The summed E-state index contributed by atoms with van der Waals surface area (Å²) in [5.74, 6) is -0.0104. The fourth-order valence-corrected chi connectivity index (χ4v) is 3.80. The first kappa shape index (κ1) is 17.3. The topological polar surface area (TPSA) is 106 Å². The van der Waals surface area contributed by atoms with Crippen molar-refractivity contribution in [3.63, 3.8) is 0 Å². The van der Waals surface area contributed by atoms with Crippen LogP contribution in [0.3, 0.4) is 0 Å². The van der Waals surface area contributed by atoms with Gasteiger partial charge in [-0.25, -0.2) is 8.42 Å². The highest BCUT2D eigenvalue weighted by molar-refractivity contribution is 7.92. The van der Waals surface area contributed by atoms with E-state index in [9.17, 15) is 13.2 Å². The fourth-order valence-electron chi connectivity index (χ4n) is 3.25. The van der Waals surface area contributed by atoms with Gasteiger partial charge in [-0.05, 0) is 43.0 Å². The highest BCUT2D eigenvalue weighted by Crippen LogP contribution is 2.25. The summed E-state index contributed by atoms with van der Waals surface area (Å²) >= 11 is 0. The van der Waals surface area contributed by atoms with Gasteiger partial charge in [-0.1, -0.05) is 0 Å². The highest BCUT2D eigenvalue weighted by atomic mass is 32.2. The summed E-state index contributed by atoms with van der Waals surface area (Å²) in [6.07, 6.45) is 5.43. The molecule has 0 unspecified atom stereocenters. The Labute approximate surface area is 146 Å². The van der Waals surface area contributed by atoms with Crippen molar-refractivity contribution in [1.82, 2.24) is 9.88 Å². The standard InChI is InChI=1S/C17H20N4O3S/c1-25(23,24)20-13-5-6-16-15(9-13)12(11-19-16)4-7-17(22)21-8-2-3-14(21)10-18/h5-6,9,11,14,19-20H,2-4,7-8H2,1H3/t14-/m0/s1. The second kappa shape index (κ2) is 6.76. The first-order valence-electron chi connectivity index (χ1n) is 8.14. The average Bonchev–Trinajstić information content (AvgIpc) is 3.17. The van der Waals surface area contributed by atoms with Crippen LogP contribution < -0.4 is 4.72 Å². The predicted octanol–water partition coefficient (Wildman–Crippen LogP) is 1.99. The van der Waals surface area contributed by atoms with Crippen molar-refractivity contribution in [3.8, 4) is 6.07 Å². The molecule has 1 aromatic carbocycles. The van der Waals surface area contributed by atoms with Gasteiger partial charge < -0.3 is 9.88 Å². The van der Waals surface area contributed by atoms with E-state index in [1.54, 1.807) is 23.1 Å². The SMILES string of the molecule is CS(=O)(=O)Nc1ccc2[nH]cc(CCC(=O)N3CCC[C@H]3C#N)c2c1. The fraction of sp³-hybridized carbons (Fsp3) is 0.412. The molecule has 8 heteroatoms. The summed E-state index contributed by atoms with van der Waals surface area (Å²) < 4.78 is 25.2. The van der Waals surface area contributed by atoms with E-state index in [-0.39, 0.29) is 11.9 Å². The number of carbonyl (C=O) groups is 1. The minimum absolute atomic E-state index is 0.0104. The first-order valence-corrected chi connectivity index (χ1v) is 10.0. The second-order valence-electron chi connectivity index (χ2n) is 6.32. The van der Waals surface area contributed by atoms with Gasteiger partial charge in [0.25, 0.3) is 0 Å². The molecule has 2 aromatic rings. The minimum atomic E-state index is -3.34. The molecule has 0 aliphatic carbocycles. The van der Waals surface area contributed by atoms with E-state index in [1.807, 2.05) is 6.20 Å². The number of amides is 1. The highest BCUT2D eigenvalue weighted by Gasteiger charge is 2.28. The number of aryl methyl sites for hydroxylation is 1. The Bertz CT molecular complexity index is 942. The molecule has 1 aromatic heterocycles. The summed E-state index contributed by atoms with van der Waals surface area (Å²) in [5.41, 5.74) is 2.33. The van der Waals surface area contributed by atoms with Crippen LogP contribution in [0, 0.1) is 11.3 Å². The number of carbonyl (C=O) groups excluding carboxylic acids is 1. The summed E-state index contributed by atoms with van der Waals surface area (Å²) in [6, 6.07) is 7.14. The van der Waals surface area contributed by atoms with Crippen LogP contribution in [0.2, 0.25) is 0 Å². The molecule has 1 saturated heterocycles. The number of aromatic nitrogens is 1. The van der Waals surface area contributed by atoms with Crippen LogP contribution in [0.4, 0.5) is 5.69 Å².